The van der Waals surface area contributed by atoms with E-state index in [4.69, 9.17) is 4.18 Å². The van der Waals surface area contributed by atoms with Crippen molar-refractivity contribution in [3.05, 3.63) is 0 Å². The summed E-state index contributed by atoms with van der Waals surface area (Å²) in [7, 11) is 0.418. The molecule has 0 radical (unpaired) electrons. The van der Waals surface area contributed by atoms with E-state index in [2.05, 4.69) is 12.2 Å². The van der Waals surface area contributed by atoms with Crippen LogP contribution in [0.5, 0.6) is 0 Å². The van der Waals surface area contributed by atoms with E-state index in [0.717, 1.165) is 44.9 Å². The van der Waals surface area contributed by atoms with Crippen LogP contribution in [0.25, 0.3) is 0 Å². The smallest absolute Gasteiger partial charge is 0.267 e. The van der Waals surface area contributed by atoms with E-state index in [1.54, 1.807) is 0 Å². The van der Waals surface area contributed by atoms with Gasteiger partial charge in [-0.05, 0) is 33.4 Å². The minimum absolute atomic E-state index is 0.154. The standard InChI is InChI=1S/C22H45FO3S.C2H7N/c1-2-3-4-5-6-9-12-15-18-21-26-27(24,25)22-19-16-13-10-7-8-11-14-17-20-23;1-3-2/h2-22H2,1H3;3H,1-2H3. The molecule has 0 aromatic carbocycles. The van der Waals surface area contributed by atoms with Gasteiger partial charge in [0.15, 0.2) is 0 Å². The van der Waals surface area contributed by atoms with Gasteiger partial charge < -0.3 is 5.32 Å². The lowest BCUT2D eigenvalue weighted by atomic mass is 10.1. The highest BCUT2D eigenvalue weighted by molar-refractivity contribution is 7.86. The second-order valence-electron chi connectivity index (χ2n) is 8.28. The SMILES string of the molecule is CCCCCCCCCCCOS(=O)(=O)CCCCCCCCCCCF.CNC. The maximum atomic E-state index is 11.9. The number of hydrogen-bond donors (Lipinski definition) is 1. The summed E-state index contributed by atoms with van der Waals surface area (Å²) in [6.07, 6.45) is 20.0. The molecule has 0 aliphatic rings. The van der Waals surface area contributed by atoms with Gasteiger partial charge in [-0.2, -0.15) is 8.42 Å². The Morgan fingerprint density at radius 1 is 0.633 bits per heavy atom. The van der Waals surface area contributed by atoms with Gasteiger partial charge in [-0.25, -0.2) is 0 Å². The largest absolute Gasteiger partial charge is 0.323 e. The summed E-state index contributed by atoms with van der Waals surface area (Å²) in [5.74, 6) is 0.154. The molecule has 0 heterocycles. The third-order valence-electron chi connectivity index (χ3n) is 5.04. The van der Waals surface area contributed by atoms with E-state index in [1.807, 2.05) is 14.1 Å². The van der Waals surface area contributed by atoms with Crippen LogP contribution in [0, 0.1) is 0 Å². The molecule has 1 N–H and O–H groups in total. The van der Waals surface area contributed by atoms with Crippen molar-refractivity contribution >= 4 is 10.1 Å². The van der Waals surface area contributed by atoms with E-state index < -0.39 is 10.1 Å². The maximum Gasteiger partial charge on any atom is 0.267 e. The molecule has 0 unspecified atom stereocenters. The van der Waals surface area contributed by atoms with Crippen LogP contribution in [0.4, 0.5) is 4.39 Å². The molecule has 0 amide bonds. The monoisotopic (exact) mass is 453 g/mol. The molecule has 6 heteroatoms. The zero-order valence-electron chi connectivity index (χ0n) is 20.4. The van der Waals surface area contributed by atoms with Gasteiger partial charge in [-0.15, -0.1) is 0 Å². The van der Waals surface area contributed by atoms with Crippen LogP contribution < -0.4 is 5.32 Å². The van der Waals surface area contributed by atoms with Gasteiger partial charge in [0.25, 0.3) is 10.1 Å². The van der Waals surface area contributed by atoms with E-state index in [9.17, 15) is 12.8 Å². The van der Waals surface area contributed by atoms with Crippen LogP contribution in [0.3, 0.4) is 0 Å². The second kappa shape index (κ2) is 26.8. The summed E-state index contributed by atoms with van der Waals surface area (Å²) in [4.78, 5) is 0. The van der Waals surface area contributed by atoms with Crippen molar-refractivity contribution < 1.29 is 17.0 Å². The van der Waals surface area contributed by atoms with Crippen molar-refractivity contribution in [1.82, 2.24) is 5.32 Å². The molecule has 0 bridgehead atoms. The number of nitrogens with one attached hydrogen (secondary N) is 1. The Morgan fingerprint density at radius 3 is 1.43 bits per heavy atom. The number of unbranched alkanes of at least 4 members (excludes halogenated alkanes) is 16. The molecule has 0 saturated heterocycles. The first-order valence-electron chi connectivity index (χ1n) is 12.6. The van der Waals surface area contributed by atoms with Gasteiger partial charge in [0.1, 0.15) is 0 Å². The van der Waals surface area contributed by atoms with E-state index in [-0.39, 0.29) is 12.4 Å². The van der Waals surface area contributed by atoms with Crippen molar-refractivity contribution in [1.29, 1.82) is 0 Å². The third kappa shape index (κ3) is 30.0. The molecule has 0 rings (SSSR count). The second-order valence-corrected chi connectivity index (χ2v) is 10.0. The Labute approximate surface area is 188 Å². The molecule has 0 spiro atoms. The predicted octanol–water partition coefficient (Wildman–Crippen LogP) is 7.18. The summed E-state index contributed by atoms with van der Waals surface area (Å²) >= 11 is 0. The Hall–Kier alpha value is -0.200. The summed E-state index contributed by atoms with van der Waals surface area (Å²) in [6, 6.07) is 0. The molecular weight excluding hydrogens is 401 g/mol. The Bertz CT molecular complexity index is 375. The van der Waals surface area contributed by atoms with Crippen molar-refractivity contribution in [2.45, 2.75) is 122 Å². The zero-order chi connectivity index (χ0) is 22.8. The molecular formula is C24H52FNO3S. The van der Waals surface area contributed by atoms with Crippen LogP contribution in [0.1, 0.15) is 122 Å². The van der Waals surface area contributed by atoms with Gasteiger partial charge in [0.05, 0.1) is 19.0 Å². The topological polar surface area (TPSA) is 55.4 Å². The highest BCUT2D eigenvalue weighted by Crippen LogP contribution is 2.12. The van der Waals surface area contributed by atoms with Crippen LogP contribution in [0.15, 0.2) is 0 Å². The highest BCUT2D eigenvalue weighted by Gasteiger charge is 2.10. The van der Waals surface area contributed by atoms with Crippen molar-refractivity contribution in [2.24, 2.45) is 0 Å². The summed E-state index contributed by atoms with van der Waals surface area (Å²) < 4.78 is 40.8. The highest BCUT2D eigenvalue weighted by atomic mass is 32.2. The van der Waals surface area contributed by atoms with Gasteiger partial charge in [0, 0.05) is 0 Å². The maximum absolute atomic E-state index is 11.9. The number of alkyl halides is 1. The molecule has 0 aromatic heterocycles. The lowest BCUT2D eigenvalue weighted by Gasteiger charge is -2.06. The quantitative estimate of drug-likeness (QED) is 0.139. The third-order valence-corrected chi connectivity index (χ3v) is 6.35. The van der Waals surface area contributed by atoms with Gasteiger partial charge in [-0.1, -0.05) is 103 Å². The fraction of sp³-hybridized carbons (Fsp3) is 1.00. The number of rotatable bonds is 22. The summed E-state index contributed by atoms with van der Waals surface area (Å²) in [5, 5.41) is 2.75. The fourth-order valence-corrected chi connectivity index (χ4v) is 4.32. The van der Waals surface area contributed by atoms with Crippen LogP contribution >= 0.6 is 0 Å². The lowest BCUT2D eigenvalue weighted by Crippen LogP contribution is -2.11. The number of hydrogen-bond acceptors (Lipinski definition) is 4. The van der Waals surface area contributed by atoms with Gasteiger partial charge in [0.2, 0.25) is 0 Å². The first-order chi connectivity index (χ1) is 14.5. The van der Waals surface area contributed by atoms with Crippen molar-refractivity contribution in [3.63, 3.8) is 0 Å². The Morgan fingerprint density at radius 2 is 1.00 bits per heavy atom. The zero-order valence-corrected chi connectivity index (χ0v) is 21.2. The molecule has 0 atom stereocenters. The average molecular weight is 454 g/mol. The predicted molar refractivity (Wildman–Crippen MR) is 129 cm³/mol. The van der Waals surface area contributed by atoms with E-state index >= 15 is 0 Å². The fourth-order valence-electron chi connectivity index (χ4n) is 3.27. The Kier molecular flexibility index (Phi) is 28.6. The molecule has 4 nitrogen and oxygen atoms in total. The van der Waals surface area contributed by atoms with Gasteiger partial charge >= 0.3 is 0 Å². The minimum atomic E-state index is -3.33. The number of halogens is 1. The van der Waals surface area contributed by atoms with E-state index in [1.165, 1.54) is 57.8 Å². The first-order valence-corrected chi connectivity index (χ1v) is 14.1. The first kappa shape index (κ1) is 32.0. The van der Waals surface area contributed by atoms with Crippen LogP contribution in [0.2, 0.25) is 0 Å². The van der Waals surface area contributed by atoms with E-state index in [0.29, 0.717) is 19.4 Å². The Balaban J connectivity index is 0. The molecule has 0 saturated carbocycles. The normalized spacial score (nSPS) is 11.3. The molecule has 30 heavy (non-hydrogen) atoms. The van der Waals surface area contributed by atoms with Crippen LogP contribution in [-0.2, 0) is 14.3 Å². The summed E-state index contributed by atoms with van der Waals surface area (Å²) in [6.45, 7) is 2.38. The van der Waals surface area contributed by atoms with Crippen molar-refractivity contribution in [2.75, 3.05) is 33.1 Å². The minimum Gasteiger partial charge on any atom is -0.323 e. The average Bonchev–Trinajstić information content (AvgIpc) is 2.71. The summed E-state index contributed by atoms with van der Waals surface area (Å²) in [5.41, 5.74) is 0. The molecule has 0 aliphatic carbocycles. The molecule has 0 aliphatic heterocycles. The van der Waals surface area contributed by atoms with Gasteiger partial charge in [-0.3, -0.25) is 8.57 Å². The van der Waals surface area contributed by atoms with Crippen LogP contribution in [-0.4, -0.2) is 41.5 Å². The molecule has 0 fully saturated rings. The lowest BCUT2D eigenvalue weighted by molar-refractivity contribution is 0.305. The molecule has 184 valence electrons. The van der Waals surface area contributed by atoms with Crippen molar-refractivity contribution in [3.8, 4) is 0 Å². The molecule has 0 aromatic rings.